The molecule has 1 fully saturated rings. The molecule has 0 aromatic heterocycles. The fraction of sp³-hybridized carbons (Fsp3) is 0.381. The second-order valence-corrected chi connectivity index (χ2v) is 6.55. The van der Waals surface area contributed by atoms with Gasteiger partial charge in [-0.15, -0.1) is 24.0 Å². The number of hydrogen-bond acceptors (Lipinski definition) is 2. The van der Waals surface area contributed by atoms with Gasteiger partial charge in [0, 0.05) is 25.6 Å². The Morgan fingerprint density at radius 1 is 1.15 bits per heavy atom. The van der Waals surface area contributed by atoms with Crippen molar-refractivity contribution in [1.29, 1.82) is 0 Å². The van der Waals surface area contributed by atoms with Crippen molar-refractivity contribution in [3.8, 4) is 5.75 Å². The predicted molar refractivity (Wildman–Crippen MR) is 119 cm³/mol. The van der Waals surface area contributed by atoms with Crippen LogP contribution in [0.4, 0.5) is 0 Å². The molecule has 2 atom stereocenters. The first-order valence-corrected chi connectivity index (χ1v) is 8.87. The smallest absolute Gasteiger partial charge is 0.191 e. The van der Waals surface area contributed by atoms with E-state index in [0.717, 1.165) is 24.7 Å². The second kappa shape index (κ2) is 9.80. The van der Waals surface area contributed by atoms with Gasteiger partial charge in [-0.2, -0.15) is 0 Å². The number of aryl methyl sites for hydroxylation is 1. The SMILES string of the molecule is CN=C(NCCc1ccc(OC)cc1)NC1CC1c1ccccc1C.I. The standard InChI is InChI=1S/C21H27N3O.HI/c1-15-6-4-5-7-18(15)19-14-20(19)24-21(22-2)23-13-12-16-8-10-17(25-3)11-9-16;/h4-11,19-20H,12-14H2,1-3H3,(H2,22,23,24);1H. The van der Waals surface area contributed by atoms with Crippen molar-refractivity contribution < 1.29 is 4.74 Å². The summed E-state index contributed by atoms with van der Waals surface area (Å²) in [5.74, 6) is 2.38. The molecule has 0 saturated heterocycles. The molecule has 0 heterocycles. The molecule has 1 aliphatic carbocycles. The third-order valence-corrected chi connectivity index (χ3v) is 4.79. The van der Waals surface area contributed by atoms with Gasteiger partial charge < -0.3 is 15.4 Å². The van der Waals surface area contributed by atoms with E-state index in [1.54, 1.807) is 7.11 Å². The Morgan fingerprint density at radius 3 is 2.54 bits per heavy atom. The first kappa shape index (κ1) is 20.6. The fourth-order valence-electron chi connectivity index (χ4n) is 3.19. The molecular weight excluding hydrogens is 437 g/mol. The predicted octanol–water partition coefficient (Wildman–Crippen LogP) is 3.89. The molecule has 0 aliphatic heterocycles. The summed E-state index contributed by atoms with van der Waals surface area (Å²) in [5, 5.41) is 6.95. The summed E-state index contributed by atoms with van der Waals surface area (Å²) in [6.07, 6.45) is 2.13. The minimum absolute atomic E-state index is 0. The van der Waals surface area contributed by atoms with Gasteiger partial charge in [0.25, 0.3) is 0 Å². The zero-order valence-electron chi connectivity index (χ0n) is 15.7. The molecule has 0 bridgehead atoms. The number of halogens is 1. The fourth-order valence-corrected chi connectivity index (χ4v) is 3.19. The summed E-state index contributed by atoms with van der Waals surface area (Å²) in [6, 6.07) is 17.3. The molecule has 2 unspecified atom stereocenters. The number of benzene rings is 2. The first-order valence-electron chi connectivity index (χ1n) is 8.87. The molecule has 26 heavy (non-hydrogen) atoms. The van der Waals surface area contributed by atoms with E-state index in [1.165, 1.54) is 23.1 Å². The van der Waals surface area contributed by atoms with Crippen molar-refractivity contribution in [2.24, 2.45) is 4.99 Å². The van der Waals surface area contributed by atoms with Crippen LogP contribution in [-0.2, 0) is 6.42 Å². The zero-order valence-corrected chi connectivity index (χ0v) is 18.0. The minimum Gasteiger partial charge on any atom is -0.497 e. The lowest BCUT2D eigenvalue weighted by Crippen LogP contribution is -2.39. The van der Waals surface area contributed by atoms with E-state index in [0.29, 0.717) is 12.0 Å². The summed E-state index contributed by atoms with van der Waals surface area (Å²) in [6.45, 7) is 3.04. The van der Waals surface area contributed by atoms with Gasteiger partial charge in [-0.1, -0.05) is 36.4 Å². The van der Waals surface area contributed by atoms with Crippen molar-refractivity contribution in [2.45, 2.75) is 31.7 Å². The van der Waals surface area contributed by atoms with Crippen molar-refractivity contribution in [2.75, 3.05) is 20.7 Å². The number of hydrogen-bond donors (Lipinski definition) is 2. The zero-order chi connectivity index (χ0) is 17.6. The van der Waals surface area contributed by atoms with Crippen LogP contribution in [0.5, 0.6) is 5.75 Å². The van der Waals surface area contributed by atoms with E-state index >= 15 is 0 Å². The quantitative estimate of drug-likeness (QED) is 0.387. The van der Waals surface area contributed by atoms with Crippen LogP contribution in [0, 0.1) is 6.92 Å². The summed E-state index contributed by atoms with van der Waals surface area (Å²) < 4.78 is 5.19. The Kier molecular flexibility index (Phi) is 7.75. The number of guanidine groups is 1. The maximum absolute atomic E-state index is 5.19. The lowest BCUT2D eigenvalue weighted by molar-refractivity contribution is 0.414. The molecule has 2 aromatic rings. The lowest BCUT2D eigenvalue weighted by Gasteiger charge is -2.12. The van der Waals surface area contributed by atoms with Crippen LogP contribution < -0.4 is 15.4 Å². The first-order chi connectivity index (χ1) is 12.2. The Hall–Kier alpha value is -1.76. The van der Waals surface area contributed by atoms with E-state index in [2.05, 4.69) is 58.9 Å². The van der Waals surface area contributed by atoms with Crippen LogP contribution >= 0.6 is 24.0 Å². The van der Waals surface area contributed by atoms with Crippen molar-refractivity contribution in [3.63, 3.8) is 0 Å². The van der Waals surface area contributed by atoms with Gasteiger partial charge >= 0.3 is 0 Å². The number of nitrogens with zero attached hydrogens (tertiary/aromatic N) is 1. The normalized spacial score (nSPS) is 18.7. The van der Waals surface area contributed by atoms with Crippen LogP contribution in [-0.4, -0.2) is 32.7 Å². The molecule has 0 spiro atoms. The summed E-state index contributed by atoms with van der Waals surface area (Å²) in [5.41, 5.74) is 4.11. The van der Waals surface area contributed by atoms with Crippen LogP contribution in [0.3, 0.4) is 0 Å². The van der Waals surface area contributed by atoms with E-state index in [4.69, 9.17) is 4.74 Å². The van der Waals surface area contributed by atoms with Gasteiger partial charge in [-0.05, 0) is 48.6 Å². The van der Waals surface area contributed by atoms with E-state index in [9.17, 15) is 0 Å². The number of ether oxygens (including phenoxy) is 1. The van der Waals surface area contributed by atoms with E-state index in [1.807, 2.05) is 19.2 Å². The number of aliphatic imine (C=N–C) groups is 1. The highest BCUT2D eigenvalue weighted by atomic mass is 127. The van der Waals surface area contributed by atoms with Crippen LogP contribution in [0.2, 0.25) is 0 Å². The topological polar surface area (TPSA) is 45.7 Å². The Bertz CT molecular complexity index is 730. The molecule has 1 aliphatic rings. The van der Waals surface area contributed by atoms with Crippen LogP contribution in [0.25, 0.3) is 0 Å². The monoisotopic (exact) mass is 465 g/mol. The molecule has 0 radical (unpaired) electrons. The van der Waals surface area contributed by atoms with Crippen LogP contribution in [0.15, 0.2) is 53.5 Å². The highest BCUT2D eigenvalue weighted by molar-refractivity contribution is 14.0. The molecule has 1 saturated carbocycles. The lowest BCUT2D eigenvalue weighted by atomic mass is 10.0. The van der Waals surface area contributed by atoms with Gasteiger partial charge in [0.05, 0.1) is 7.11 Å². The van der Waals surface area contributed by atoms with E-state index < -0.39 is 0 Å². The van der Waals surface area contributed by atoms with Crippen molar-refractivity contribution in [1.82, 2.24) is 10.6 Å². The van der Waals surface area contributed by atoms with Gasteiger partial charge in [0.1, 0.15) is 5.75 Å². The molecule has 140 valence electrons. The minimum atomic E-state index is 0. The van der Waals surface area contributed by atoms with Crippen molar-refractivity contribution >= 4 is 29.9 Å². The number of rotatable bonds is 6. The summed E-state index contributed by atoms with van der Waals surface area (Å²) >= 11 is 0. The largest absolute Gasteiger partial charge is 0.497 e. The maximum Gasteiger partial charge on any atom is 0.191 e. The van der Waals surface area contributed by atoms with Crippen LogP contribution in [0.1, 0.15) is 29.0 Å². The Morgan fingerprint density at radius 2 is 1.88 bits per heavy atom. The number of methoxy groups -OCH3 is 1. The van der Waals surface area contributed by atoms with Gasteiger partial charge in [0.2, 0.25) is 0 Å². The third-order valence-electron chi connectivity index (χ3n) is 4.79. The molecule has 4 nitrogen and oxygen atoms in total. The molecule has 5 heteroatoms. The van der Waals surface area contributed by atoms with Gasteiger partial charge in [0.15, 0.2) is 5.96 Å². The Labute approximate surface area is 173 Å². The van der Waals surface area contributed by atoms with Crippen molar-refractivity contribution in [3.05, 3.63) is 65.2 Å². The summed E-state index contributed by atoms with van der Waals surface area (Å²) in [7, 11) is 3.52. The molecule has 0 amide bonds. The molecule has 2 N–H and O–H groups in total. The number of nitrogens with one attached hydrogen (secondary N) is 2. The van der Waals surface area contributed by atoms with Gasteiger partial charge in [-0.3, -0.25) is 4.99 Å². The molecular formula is C21H28IN3O. The highest BCUT2D eigenvalue weighted by Gasteiger charge is 2.39. The molecule has 3 rings (SSSR count). The van der Waals surface area contributed by atoms with Gasteiger partial charge in [-0.25, -0.2) is 0 Å². The third kappa shape index (κ3) is 5.37. The summed E-state index contributed by atoms with van der Waals surface area (Å²) in [4.78, 5) is 4.35. The molecule has 2 aromatic carbocycles. The average molecular weight is 465 g/mol. The van der Waals surface area contributed by atoms with E-state index in [-0.39, 0.29) is 24.0 Å². The highest BCUT2D eigenvalue weighted by Crippen LogP contribution is 2.41. The average Bonchev–Trinajstić information content (AvgIpc) is 3.40. The Balaban J connectivity index is 0.00000243. The maximum atomic E-state index is 5.19. The second-order valence-electron chi connectivity index (χ2n) is 6.55.